The third kappa shape index (κ3) is 2.57. The van der Waals surface area contributed by atoms with Crippen LogP contribution in [0.15, 0.2) is 35.2 Å². The summed E-state index contributed by atoms with van der Waals surface area (Å²) in [7, 11) is -0.301. The second-order valence-corrected chi connectivity index (χ2v) is 6.36. The number of hydrogen-bond donors (Lipinski definition) is 0. The Morgan fingerprint density at radius 2 is 1.85 bits per heavy atom. The SMILES string of the molecule is COc1ccc2cc(S(=O)(=O)CC[NH])ccc2c1OC. The molecule has 0 bridgehead atoms. The molecular weight excluding hydrogens is 278 g/mol. The summed E-state index contributed by atoms with van der Waals surface area (Å²) < 4.78 is 34.5. The highest BCUT2D eigenvalue weighted by Gasteiger charge is 2.16. The number of benzene rings is 2. The molecule has 0 aliphatic heterocycles. The van der Waals surface area contributed by atoms with E-state index in [-0.39, 0.29) is 17.2 Å². The first-order valence-electron chi connectivity index (χ1n) is 6.05. The second kappa shape index (κ2) is 5.68. The van der Waals surface area contributed by atoms with Gasteiger partial charge in [0.25, 0.3) is 0 Å². The molecule has 0 aliphatic carbocycles. The predicted molar refractivity (Wildman–Crippen MR) is 77.1 cm³/mol. The fourth-order valence-corrected chi connectivity index (χ4v) is 3.16. The lowest BCUT2D eigenvalue weighted by Crippen LogP contribution is -2.10. The number of rotatable bonds is 5. The van der Waals surface area contributed by atoms with Gasteiger partial charge in [-0.2, -0.15) is 0 Å². The molecule has 0 aromatic heterocycles. The van der Waals surface area contributed by atoms with E-state index in [0.29, 0.717) is 11.5 Å². The maximum Gasteiger partial charge on any atom is 0.179 e. The Hall–Kier alpha value is -1.79. The van der Waals surface area contributed by atoms with E-state index in [1.807, 2.05) is 0 Å². The third-order valence-corrected chi connectivity index (χ3v) is 4.77. The number of methoxy groups -OCH3 is 2. The molecule has 5 nitrogen and oxygen atoms in total. The molecule has 107 valence electrons. The zero-order chi connectivity index (χ0) is 14.8. The first-order valence-corrected chi connectivity index (χ1v) is 7.71. The summed E-state index contributed by atoms with van der Waals surface area (Å²) in [5.74, 6) is 1.00. The van der Waals surface area contributed by atoms with E-state index in [1.54, 1.807) is 38.5 Å². The highest BCUT2D eigenvalue weighted by atomic mass is 32.2. The lowest BCUT2D eigenvalue weighted by molar-refractivity contribution is 0.358. The Morgan fingerprint density at radius 1 is 1.10 bits per heavy atom. The van der Waals surface area contributed by atoms with Crippen LogP contribution in [0.1, 0.15) is 0 Å². The Balaban J connectivity index is 2.63. The van der Waals surface area contributed by atoms with Crippen molar-refractivity contribution in [2.75, 3.05) is 26.5 Å². The molecule has 0 aliphatic rings. The van der Waals surface area contributed by atoms with Crippen molar-refractivity contribution < 1.29 is 17.9 Å². The minimum absolute atomic E-state index is 0.147. The van der Waals surface area contributed by atoms with E-state index < -0.39 is 9.84 Å². The molecule has 0 saturated carbocycles. The molecule has 20 heavy (non-hydrogen) atoms. The first-order chi connectivity index (χ1) is 9.53. The van der Waals surface area contributed by atoms with Crippen molar-refractivity contribution in [2.45, 2.75) is 4.90 Å². The normalized spacial score (nSPS) is 11.6. The van der Waals surface area contributed by atoms with E-state index in [1.165, 1.54) is 6.07 Å². The average Bonchev–Trinajstić information content (AvgIpc) is 2.45. The number of ether oxygens (including phenoxy) is 2. The van der Waals surface area contributed by atoms with E-state index in [2.05, 4.69) is 0 Å². The van der Waals surface area contributed by atoms with Gasteiger partial charge in [-0.15, -0.1) is 0 Å². The third-order valence-electron chi connectivity index (χ3n) is 3.06. The summed E-state index contributed by atoms with van der Waals surface area (Å²) in [6.07, 6.45) is 0. The molecule has 2 aromatic carbocycles. The largest absolute Gasteiger partial charge is 0.493 e. The minimum atomic E-state index is -3.40. The average molecular weight is 294 g/mol. The van der Waals surface area contributed by atoms with Gasteiger partial charge >= 0.3 is 0 Å². The molecular formula is C14H16NO4S. The Kier molecular flexibility index (Phi) is 4.15. The standard InChI is InChI=1S/C14H16NO4S/c1-18-13-6-3-10-9-11(20(16,17)8-7-15)4-5-12(10)14(13)19-2/h3-6,9,15H,7-8H2,1-2H3. The number of nitrogens with one attached hydrogen (secondary N) is 1. The Bertz CT molecular complexity index is 725. The topological polar surface area (TPSA) is 76.4 Å². The van der Waals surface area contributed by atoms with E-state index in [9.17, 15) is 8.42 Å². The molecule has 0 amide bonds. The van der Waals surface area contributed by atoms with Gasteiger partial charge in [-0.25, -0.2) is 8.42 Å². The molecule has 1 N–H and O–H groups in total. The van der Waals surface area contributed by atoms with Crippen LogP contribution in [-0.4, -0.2) is 34.9 Å². The lowest BCUT2D eigenvalue weighted by Gasteiger charge is -2.11. The monoisotopic (exact) mass is 294 g/mol. The van der Waals surface area contributed by atoms with Crippen LogP contribution in [0.2, 0.25) is 0 Å². The molecule has 2 aromatic rings. The summed E-state index contributed by atoms with van der Waals surface area (Å²) in [4.78, 5) is 0.226. The van der Waals surface area contributed by atoms with Crippen molar-refractivity contribution in [3.8, 4) is 11.5 Å². The number of hydrogen-bond acceptors (Lipinski definition) is 4. The van der Waals surface area contributed by atoms with E-state index in [0.717, 1.165) is 10.8 Å². The van der Waals surface area contributed by atoms with Crippen molar-refractivity contribution >= 4 is 20.6 Å². The van der Waals surface area contributed by atoms with Gasteiger partial charge in [-0.3, -0.25) is 5.73 Å². The molecule has 0 unspecified atom stereocenters. The van der Waals surface area contributed by atoms with Crippen molar-refractivity contribution in [3.05, 3.63) is 30.3 Å². The summed E-state index contributed by atoms with van der Waals surface area (Å²) in [5.41, 5.74) is 7.07. The fourth-order valence-electron chi connectivity index (χ4n) is 2.08. The van der Waals surface area contributed by atoms with E-state index >= 15 is 0 Å². The van der Waals surface area contributed by atoms with Crippen LogP contribution in [0.5, 0.6) is 11.5 Å². The van der Waals surface area contributed by atoms with Crippen molar-refractivity contribution in [2.24, 2.45) is 0 Å². The molecule has 2 rings (SSSR count). The number of sulfone groups is 1. The van der Waals surface area contributed by atoms with Gasteiger partial charge in [0.2, 0.25) is 0 Å². The molecule has 0 spiro atoms. The summed E-state index contributed by atoms with van der Waals surface area (Å²) >= 11 is 0. The summed E-state index contributed by atoms with van der Waals surface area (Å²) in [6, 6.07) is 8.36. The van der Waals surface area contributed by atoms with Gasteiger partial charge in [0, 0.05) is 11.9 Å². The van der Waals surface area contributed by atoms with Crippen LogP contribution >= 0.6 is 0 Å². The highest BCUT2D eigenvalue weighted by molar-refractivity contribution is 7.91. The van der Waals surface area contributed by atoms with Crippen molar-refractivity contribution in [1.29, 1.82) is 0 Å². The molecule has 6 heteroatoms. The molecule has 0 saturated heterocycles. The van der Waals surface area contributed by atoms with Crippen molar-refractivity contribution in [3.63, 3.8) is 0 Å². The van der Waals surface area contributed by atoms with E-state index in [4.69, 9.17) is 15.2 Å². The molecule has 0 heterocycles. The summed E-state index contributed by atoms with van der Waals surface area (Å²) in [5, 5.41) is 1.55. The fraction of sp³-hybridized carbons (Fsp3) is 0.286. The van der Waals surface area contributed by atoms with Gasteiger partial charge in [0.1, 0.15) is 0 Å². The Labute approximate surface area is 118 Å². The smallest absolute Gasteiger partial charge is 0.179 e. The van der Waals surface area contributed by atoms with Crippen LogP contribution in [-0.2, 0) is 9.84 Å². The zero-order valence-corrected chi connectivity index (χ0v) is 12.2. The maximum atomic E-state index is 12.0. The lowest BCUT2D eigenvalue weighted by atomic mass is 10.1. The first kappa shape index (κ1) is 14.6. The zero-order valence-electron chi connectivity index (χ0n) is 11.3. The predicted octanol–water partition coefficient (Wildman–Crippen LogP) is 1.91. The van der Waals surface area contributed by atoms with Gasteiger partial charge in [-0.05, 0) is 29.7 Å². The highest BCUT2D eigenvalue weighted by Crippen LogP contribution is 2.36. The van der Waals surface area contributed by atoms with Gasteiger partial charge < -0.3 is 9.47 Å². The number of fused-ring (bicyclic) bond motifs is 1. The van der Waals surface area contributed by atoms with Gasteiger partial charge in [-0.1, -0.05) is 6.07 Å². The molecule has 1 radical (unpaired) electrons. The minimum Gasteiger partial charge on any atom is -0.493 e. The van der Waals surface area contributed by atoms with Crippen LogP contribution in [0, 0.1) is 0 Å². The van der Waals surface area contributed by atoms with Crippen molar-refractivity contribution in [1.82, 2.24) is 5.73 Å². The van der Waals surface area contributed by atoms with Crippen LogP contribution in [0.4, 0.5) is 0 Å². The second-order valence-electron chi connectivity index (χ2n) is 4.25. The van der Waals surface area contributed by atoms with Gasteiger partial charge in [0.05, 0.1) is 24.9 Å². The maximum absolute atomic E-state index is 12.0. The van der Waals surface area contributed by atoms with Crippen LogP contribution in [0.3, 0.4) is 0 Å². The molecule has 0 atom stereocenters. The summed E-state index contributed by atoms with van der Waals surface area (Å²) in [6.45, 7) is -0.147. The van der Waals surface area contributed by atoms with Crippen LogP contribution < -0.4 is 15.2 Å². The molecule has 0 fully saturated rings. The van der Waals surface area contributed by atoms with Gasteiger partial charge in [0.15, 0.2) is 21.3 Å². The quantitative estimate of drug-likeness (QED) is 0.844. The Morgan fingerprint density at radius 3 is 2.45 bits per heavy atom. The van der Waals surface area contributed by atoms with Crippen LogP contribution in [0.25, 0.3) is 10.8 Å².